The van der Waals surface area contributed by atoms with E-state index in [4.69, 9.17) is 0 Å². The van der Waals surface area contributed by atoms with Crippen molar-refractivity contribution in [2.75, 3.05) is 15.7 Å². The highest BCUT2D eigenvalue weighted by atomic mass is 32.2. The third-order valence-electron chi connectivity index (χ3n) is 5.75. The number of hydrogen-bond donors (Lipinski definition) is 0. The summed E-state index contributed by atoms with van der Waals surface area (Å²) in [4.78, 5) is 15.3. The zero-order chi connectivity index (χ0) is 19.5. The molecule has 6 heteroatoms. The fraction of sp³-hybridized carbons (Fsp3) is 0.227. The first-order valence-corrected chi connectivity index (χ1v) is 10.9. The molecule has 3 aromatic rings. The molecule has 1 amide bonds. The zero-order valence-corrected chi connectivity index (χ0v) is 16.3. The first-order chi connectivity index (χ1) is 13.5. The quantitative estimate of drug-likeness (QED) is 0.668. The molecule has 1 atom stereocenters. The lowest BCUT2D eigenvalue weighted by Gasteiger charge is -2.36. The van der Waals surface area contributed by atoms with E-state index in [0.29, 0.717) is 11.1 Å². The normalized spacial score (nSPS) is 19.7. The summed E-state index contributed by atoms with van der Waals surface area (Å²) in [5.74, 6) is -0.201. The fourth-order valence-corrected chi connectivity index (χ4v) is 6.06. The molecule has 0 N–H and O–H groups in total. The van der Waals surface area contributed by atoms with Gasteiger partial charge in [-0.3, -0.25) is 9.10 Å². The summed E-state index contributed by atoms with van der Waals surface area (Å²) in [7, 11) is -3.74. The Bertz CT molecular complexity index is 1210. The molecule has 0 saturated carbocycles. The van der Waals surface area contributed by atoms with Crippen LogP contribution >= 0.6 is 0 Å². The second-order valence-corrected chi connectivity index (χ2v) is 9.25. The summed E-state index contributed by atoms with van der Waals surface area (Å²) in [6.45, 7) is 1.82. The zero-order valence-electron chi connectivity index (χ0n) is 15.5. The number of fused-ring (bicyclic) bond motifs is 1. The van der Waals surface area contributed by atoms with Gasteiger partial charge in [0.05, 0.1) is 10.6 Å². The van der Waals surface area contributed by atoms with Crippen molar-refractivity contribution in [2.45, 2.75) is 30.7 Å². The van der Waals surface area contributed by atoms with Crippen molar-refractivity contribution in [2.24, 2.45) is 0 Å². The number of rotatable bonds is 2. The van der Waals surface area contributed by atoms with E-state index in [1.54, 1.807) is 23.1 Å². The third-order valence-corrected chi connectivity index (χ3v) is 7.55. The molecule has 0 fully saturated rings. The molecule has 2 aliphatic rings. The van der Waals surface area contributed by atoms with Gasteiger partial charge in [0.1, 0.15) is 6.54 Å². The monoisotopic (exact) mass is 392 g/mol. The standard InChI is InChI=1S/C22H20N2O3S/c1-15-12-13-16-6-2-3-9-18(16)24(15)21(25)14-23-19-10-4-7-17-8-5-11-20(22(17)19)28(23,26)27/h2-11,15H,12-14H2,1H3/t15-/m0/s1. The first-order valence-electron chi connectivity index (χ1n) is 9.43. The topological polar surface area (TPSA) is 57.7 Å². The van der Waals surface area contributed by atoms with Crippen LogP contribution in [0.5, 0.6) is 0 Å². The number of carbonyl (C=O) groups is 1. The fourth-order valence-electron chi connectivity index (χ4n) is 4.40. The lowest BCUT2D eigenvalue weighted by atomic mass is 9.96. The average molecular weight is 392 g/mol. The molecule has 142 valence electrons. The molecule has 0 unspecified atom stereocenters. The summed E-state index contributed by atoms with van der Waals surface area (Å²) in [6.07, 6.45) is 1.79. The predicted octanol–water partition coefficient (Wildman–Crippen LogP) is 3.72. The minimum Gasteiger partial charge on any atom is -0.308 e. The van der Waals surface area contributed by atoms with Gasteiger partial charge in [0.2, 0.25) is 5.91 Å². The molecule has 28 heavy (non-hydrogen) atoms. The molecule has 0 aliphatic carbocycles. The second-order valence-electron chi connectivity index (χ2n) is 7.42. The summed E-state index contributed by atoms with van der Waals surface area (Å²) in [6, 6.07) is 18.7. The molecule has 0 radical (unpaired) electrons. The Hall–Kier alpha value is -2.86. The maximum Gasteiger partial charge on any atom is 0.265 e. The van der Waals surface area contributed by atoms with Crippen molar-refractivity contribution in [3.05, 3.63) is 66.2 Å². The van der Waals surface area contributed by atoms with Gasteiger partial charge in [0.25, 0.3) is 10.0 Å². The van der Waals surface area contributed by atoms with Crippen LogP contribution in [0.15, 0.2) is 65.6 Å². The van der Waals surface area contributed by atoms with Crippen molar-refractivity contribution >= 4 is 38.1 Å². The largest absolute Gasteiger partial charge is 0.308 e. The van der Waals surface area contributed by atoms with Crippen molar-refractivity contribution in [1.29, 1.82) is 0 Å². The number of anilines is 2. The van der Waals surface area contributed by atoms with E-state index < -0.39 is 10.0 Å². The van der Waals surface area contributed by atoms with Gasteiger partial charge < -0.3 is 4.90 Å². The summed E-state index contributed by atoms with van der Waals surface area (Å²) >= 11 is 0. The SMILES string of the molecule is C[C@H]1CCc2ccccc2N1C(=O)CN1c2cccc3cccc(c23)S1(=O)=O. The van der Waals surface area contributed by atoms with E-state index in [2.05, 4.69) is 0 Å². The van der Waals surface area contributed by atoms with Crippen LogP contribution in [-0.2, 0) is 21.2 Å². The predicted molar refractivity (Wildman–Crippen MR) is 110 cm³/mol. The number of nitrogens with zero attached hydrogens (tertiary/aromatic N) is 2. The highest BCUT2D eigenvalue weighted by Gasteiger charge is 2.38. The van der Waals surface area contributed by atoms with Gasteiger partial charge >= 0.3 is 0 Å². The Kier molecular flexibility index (Phi) is 3.74. The summed E-state index contributed by atoms with van der Waals surface area (Å²) in [5, 5.41) is 1.56. The minimum atomic E-state index is -3.74. The Morgan fingerprint density at radius 1 is 1.00 bits per heavy atom. The molecule has 3 aromatic carbocycles. The molecular formula is C22H20N2O3S. The van der Waals surface area contributed by atoms with Crippen LogP contribution in [0.3, 0.4) is 0 Å². The number of para-hydroxylation sites is 1. The first kappa shape index (κ1) is 17.3. The van der Waals surface area contributed by atoms with E-state index in [9.17, 15) is 13.2 Å². The van der Waals surface area contributed by atoms with Crippen molar-refractivity contribution in [3.8, 4) is 0 Å². The van der Waals surface area contributed by atoms with Crippen LogP contribution in [0.2, 0.25) is 0 Å². The van der Waals surface area contributed by atoms with Gasteiger partial charge in [-0.05, 0) is 48.9 Å². The smallest absolute Gasteiger partial charge is 0.265 e. The van der Waals surface area contributed by atoms with Crippen molar-refractivity contribution in [3.63, 3.8) is 0 Å². The lowest BCUT2D eigenvalue weighted by molar-refractivity contribution is -0.117. The van der Waals surface area contributed by atoms with E-state index in [1.807, 2.05) is 49.4 Å². The number of hydrogen-bond acceptors (Lipinski definition) is 3. The maximum atomic E-state index is 13.3. The lowest BCUT2D eigenvalue weighted by Crippen LogP contribution is -2.47. The maximum absolute atomic E-state index is 13.3. The molecule has 0 aromatic heterocycles. The van der Waals surface area contributed by atoms with Crippen molar-refractivity contribution in [1.82, 2.24) is 0 Å². The molecular weight excluding hydrogens is 372 g/mol. The Morgan fingerprint density at radius 3 is 2.54 bits per heavy atom. The van der Waals surface area contributed by atoms with Gasteiger partial charge in [-0.25, -0.2) is 8.42 Å². The Morgan fingerprint density at radius 2 is 1.71 bits per heavy atom. The van der Waals surface area contributed by atoms with Gasteiger partial charge in [0.15, 0.2) is 0 Å². The number of amides is 1. The highest BCUT2D eigenvalue weighted by molar-refractivity contribution is 7.93. The molecule has 0 spiro atoms. The van der Waals surface area contributed by atoms with Gasteiger partial charge in [-0.1, -0.05) is 42.5 Å². The third kappa shape index (κ3) is 2.37. The van der Waals surface area contributed by atoms with E-state index in [0.717, 1.165) is 29.5 Å². The number of sulfonamides is 1. The Balaban J connectivity index is 1.56. The van der Waals surface area contributed by atoms with Crippen LogP contribution in [-0.4, -0.2) is 26.9 Å². The minimum absolute atomic E-state index is 0.0332. The molecule has 5 nitrogen and oxygen atoms in total. The van der Waals surface area contributed by atoms with Crippen LogP contribution in [0, 0.1) is 0 Å². The number of aryl methyl sites for hydroxylation is 1. The van der Waals surface area contributed by atoms with E-state index in [-0.39, 0.29) is 23.4 Å². The van der Waals surface area contributed by atoms with Crippen LogP contribution < -0.4 is 9.21 Å². The second kappa shape index (κ2) is 6.07. The number of carbonyl (C=O) groups excluding carboxylic acids is 1. The highest BCUT2D eigenvalue weighted by Crippen LogP contribution is 2.42. The average Bonchev–Trinajstić information content (AvgIpc) is 2.91. The van der Waals surface area contributed by atoms with Crippen molar-refractivity contribution < 1.29 is 13.2 Å². The molecule has 5 rings (SSSR count). The van der Waals surface area contributed by atoms with Gasteiger partial charge in [-0.15, -0.1) is 0 Å². The Labute approximate surface area is 164 Å². The van der Waals surface area contributed by atoms with Gasteiger partial charge in [0, 0.05) is 17.1 Å². The van der Waals surface area contributed by atoms with Crippen LogP contribution in [0.1, 0.15) is 18.9 Å². The summed E-state index contributed by atoms with van der Waals surface area (Å²) < 4.78 is 27.6. The van der Waals surface area contributed by atoms with E-state index in [1.165, 1.54) is 4.31 Å². The molecule has 0 saturated heterocycles. The summed E-state index contributed by atoms with van der Waals surface area (Å²) in [5.41, 5.74) is 2.60. The molecule has 0 bridgehead atoms. The van der Waals surface area contributed by atoms with E-state index >= 15 is 0 Å². The number of benzene rings is 3. The van der Waals surface area contributed by atoms with Gasteiger partial charge in [-0.2, -0.15) is 0 Å². The van der Waals surface area contributed by atoms with Crippen LogP contribution in [0.25, 0.3) is 10.8 Å². The van der Waals surface area contributed by atoms with Crippen LogP contribution in [0.4, 0.5) is 11.4 Å². The molecule has 2 heterocycles. The molecule has 2 aliphatic heterocycles.